The maximum atomic E-state index is 13.7. The number of nitrogens with zero attached hydrogens (tertiary/aromatic N) is 2. The second kappa shape index (κ2) is 10.5. The lowest BCUT2D eigenvalue weighted by molar-refractivity contribution is -0.124. The molecule has 0 bridgehead atoms. The van der Waals surface area contributed by atoms with Gasteiger partial charge in [-0.15, -0.1) is 0 Å². The minimum Gasteiger partial charge on any atom is -0.489 e. The normalized spacial score (nSPS) is 23.7. The number of thioether (sulfide) groups is 1. The summed E-state index contributed by atoms with van der Waals surface area (Å²) >= 11 is 4.98. The summed E-state index contributed by atoms with van der Waals surface area (Å²) in [6.45, 7) is 6.38. The maximum absolute atomic E-state index is 13.7. The number of carbonyl (C=O) groups is 1. The number of carbonyl (C=O) groups excluding carboxylic acids is 1. The first-order chi connectivity index (χ1) is 15.6. The highest BCUT2D eigenvalue weighted by atomic mass is 79.9. The molecule has 1 amide bonds. The van der Waals surface area contributed by atoms with E-state index in [1.807, 2.05) is 59.5 Å². The van der Waals surface area contributed by atoms with Gasteiger partial charge in [-0.05, 0) is 66.9 Å². The van der Waals surface area contributed by atoms with Gasteiger partial charge in [-0.25, -0.2) is 4.99 Å². The highest BCUT2D eigenvalue weighted by Crippen LogP contribution is 2.41. The highest BCUT2D eigenvalue weighted by Gasteiger charge is 2.41. The zero-order chi connectivity index (χ0) is 22.5. The second-order valence-electron chi connectivity index (χ2n) is 8.13. The largest absolute Gasteiger partial charge is 0.489 e. The minimum atomic E-state index is 0.0260. The quantitative estimate of drug-likeness (QED) is 0.304. The molecule has 2 aromatic rings. The Kier molecular flexibility index (Phi) is 7.53. The van der Waals surface area contributed by atoms with Crippen molar-refractivity contribution in [3.05, 3.63) is 76.1 Å². The lowest BCUT2D eigenvalue weighted by atomic mass is 9.85. The van der Waals surface area contributed by atoms with E-state index < -0.39 is 0 Å². The Morgan fingerprint density at radius 3 is 2.75 bits per heavy atom. The van der Waals surface area contributed by atoms with Gasteiger partial charge in [0.2, 0.25) is 0 Å². The van der Waals surface area contributed by atoms with Crippen LogP contribution in [0.25, 0.3) is 6.08 Å². The Labute approximate surface area is 202 Å². The predicted molar refractivity (Wildman–Crippen MR) is 137 cm³/mol. The van der Waals surface area contributed by atoms with Crippen molar-refractivity contribution in [2.24, 2.45) is 10.9 Å². The molecule has 0 unspecified atom stereocenters. The summed E-state index contributed by atoms with van der Waals surface area (Å²) in [6.07, 6.45) is 8.16. The van der Waals surface area contributed by atoms with Gasteiger partial charge in [-0.1, -0.05) is 66.5 Å². The van der Waals surface area contributed by atoms with Crippen LogP contribution in [0.2, 0.25) is 0 Å². The molecule has 2 fully saturated rings. The van der Waals surface area contributed by atoms with E-state index in [4.69, 9.17) is 9.73 Å². The average Bonchev–Trinajstić information content (AvgIpc) is 3.09. The molecule has 1 saturated heterocycles. The fourth-order valence-electron chi connectivity index (χ4n) is 4.20. The van der Waals surface area contributed by atoms with Crippen molar-refractivity contribution in [2.45, 2.75) is 38.6 Å². The molecule has 2 aliphatic rings. The van der Waals surface area contributed by atoms with E-state index in [9.17, 15) is 4.79 Å². The molecule has 0 N–H and O–H groups in total. The first kappa shape index (κ1) is 22.9. The van der Waals surface area contributed by atoms with Crippen LogP contribution in [0.15, 0.2) is 75.6 Å². The van der Waals surface area contributed by atoms with Crippen LogP contribution < -0.4 is 4.74 Å². The second-order valence-corrected chi connectivity index (χ2v) is 10.1. The van der Waals surface area contributed by atoms with Crippen LogP contribution in [0, 0.1) is 5.92 Å². The molecule has 1 heterocycles. The van der Waals surface area contributed by atoms with Crippen molar-refractivity contribution in [3.63, 3.8) is 0 Å². The molecule has 32 heavy (non-hydrogen) atoms. The van der Waals surface area contributed by atoms with Crippen LogP contribution in [-0.4, -0.2) is 28.6 Å². The Morgan fingerprint density at radius 2 is 2.00 bits per heavy atom. The number of aliphatic imine (C=N–C) groups is 1. The number of rotatable bonds is 6. The Balaban J connectivity index is 1.73. The molecule has 1 aliphatic carbocycles. The molecule has 1 saturated carbocycles. The van der Waals surface area contributed by atoms with Gasteiger partial charge in [0.1, 0.15) is 12.4 Å². The Morgan fingerprint density at radius 1 is 1.22 bits per heavy atom. The van der Waals surface area contributed by atoms with Crippen LogP contribution in [0.4, 0.5) is 5.69 Å². The van der Waals surface area contributed by atoms with E-state index >= 15 is 0 Å². The molecule has 2 aromatic carbocycles. The summed E-state index contributed by atoms with van der Waals surface area (Å²) in [6, 6.07) is 15.8. The van der Waals surface area contributed by atoms with Crippen LogP contribution >= 0.6 is 27.7 Å². The summed E-state index contributed by atoms with van der Waals surface area (Å²) in [4.78, 5) is 21.1. The van der Waals surface area contributed by atoms with Crippen molar-refractivity contribution in [2.75, 3.05) is 6.61 Å². The first-order valence-corrected chi connectivity index (χ1v) is 12.6. The number of para-hydroxylation sites is 1. The molecule has 0 radical (unpaired) electrons. The lowest BCUT2D eigenvalue weighted by Gasteiger charge is -2.35. The van der Waals surface area contributed by atoms with Crippen LogP contribution in [0.5, 0.6) is 5.75 Å². The van der Waals surface area contributed by atoms with E-state index in [1.165, 1.54) is 18.2 Å². The number of benzene rings is 2. The van der Waals surface area contributed by atoms with Crippen molar-refractivity contribution >= 4 is 50.5 Å². The Hall–Kier alpha value is -2.31. The highest BCUT2D eigenvalue weighted by molar-refractivity contribution is 9.10. The molecule has 4 nitrogen and oxygen atoms in total. The summed E-state index contributed by atoms with van der Waals surface area (Å²) in [7, 11) is 0. The van der Waals surface area contributed by atoms with Gasteiger partial charge in [-0.2, -0.15) is 0 Å². The van der Waals surface area contributed by atoms with E-state index in [0.29, 0.717) is 17.4 Å². The third-order valence-corrected chi connectivity index (χ3v) is 7.31. The van der Waals surface area contributed by atoms with Crippen LogP contribution in [0.1, 0.15) is 38.2 Å². The fraction of sp³-hybridized carbons (Fsp3) is 0.308. The van der Waals surface area contributed by atoms with Crippen molar-refractivity contribution in [3.8, 4) is 5.75 Å². The van der Waals surface area contributed by atoms with Crippen molar-refractivity contribution in [1.82, 2.24) is 4.90 Å². The van der Waals surface area contributed by atoms with E-state index in [2.05, 4.69) is 29.4 Å². The third kappa shape index (κ3) is 5.18. The molecular weight excluding hydrogens is 484 g/mol. The van der Waals surface area contributed by atoms with Gasteiger partial charge < -0.3 is 4.74 Å². The number of ether oxygens (including phenoxy) is 1. The van der Waals surface area contributed by atoms with Gasteiger partial charge in [-0.3, -0.25) is 9.69 Å². The van der Waals surface area contributed by atoms with E-state index in [1.54, 1.807) is 6.08 Å². The zero-order valence-electron chi connectivity index (χ0n) is 18.2. The fourth-order valence-corrected chi connectivity index (χ4v) is 5.62. The number of halogens is 1. The molecule has 2 atom stereocenters. The topological polar surface area (TPSA) is 41.9 Å². The summed E-state index contributed by atoms with van der Waals surface area (Å²) in [5, 5.41) is 0.759. The van der Waals surface area contributed by atoms with Crippen molar-refractivity contribution in [1.29, 1.82) is 0 Å². The lowest BCUT2D eigenvalue weighted by Crippen LogP contribution is -2.44. The van der Waals surface area contributed by atoms with Gasteiger partial charge in [0, 0.05) is 16.1 Å². The standard InChI is InChI=1S/C26H27BrN2O2S/c1-3-15-31-23-14-13-20(27)16-19(23)17-24-25(30)29(22-12-8-7-9-18(22)2)26(32-24)28-21-10-5-4-6-11-21/h3-6,10-11,13-14,16-18,22H,1,7-9,12,15H2,2H3/b24-17-,28-26?/t18-,22-/m0/s1. The van der Waals surface area contributed by atoms with Crippen molar-refractivity contribution < 1.29 is 9.53 Å². The van der Waals surface area contributed by atoms with Gasteiger partial charge in [0.25, 0.3) is 5.91 Å². The maximum Gasteiger partial charge on any atom is 0.267 e. The summed E-state index contributed by atoms with van der Waals surface area (Å²) in [5.41, 5.74) is 1.71. The first-order valence-electron chi connectivity index (χ1n) is 11.0. The third-order valence-electron chi connectivity index (χ3n) is 5.83. The molecular formula is C26H27BrN2O2S. The Bertz CT molecular complexity index is 1050. The van der Waals surface area contributed by atoms with E-state index in [-0.39, 0.29) is 11.9 Å². The summed E-state index contributed by atoms with van der Waals surface area (Å²) < 4.78 is 6.75. The van der Waals surface area contributed by atoms with Gasteiger partial charge >= 0.3 is 0 Å². The van der Waals surface area contributed by atoms with Crippen LogP contribution in [0.3, 0.4) is 0 Å². The average molecular weight is 511 g/mol. The molecule has 1 aliphatic heterocycles. The van der Waals surface area contributed by atoms with Gasteiger partial charge in [0.15, 0.2) is 5.17 Å². The number of amidine groups is 1. The zero-order valence-corrected chi connectivity index (χ0v) is 20.6. The number of amides is 1. The molecule has 166 valence electrons. The number of hydrogen-bond acceptors (Lipinski definition) is 4. The van der Waals surface area contributed by atoms with Gasteiger partial charge in [0.05, 0.1) is 10.6 Å². The SMILES string of the molecule is C=CCOc1ccc(Br)cc1/C=C1\SC(=Nc2ccccc2)N([C@H]2CCCC[C@@H]2C)C1=O. The summed E-state index contributed by atoms with van der Waals surface area (Å²) in [5.74, 6) is 1.20. The van der Waals surface area contributed by atoms with E-state index in [0.717, 1.165) is 45.9 Å². The predicted octanol–water partition coefficient (Wildman–Crippen LogP) is 7.20. The van der Waals surface area contributed by atoms with Crippen LogP contribution in [-0.2, 0) is 4.79 Å². The monoisotopic (exact) mass is 510 g/mol. The number of hydrogen-bond donors (Lipinski definition) is 0. The smallest absolute Gasteiger partial charge is 0.267 e. The molecule has 0 aromatic heterocycles. The molecule has 4 rings (SSSR count). The molecule has 6 heteroatoms. The molecule has 0 spiro atoms. The minimum absolute atomic E-state index is 0.0260.